The van der Waals surface area contributed by atoms with Crippen LogP contribution in [0.15, 0.2) is 54.6 Å². The summed E-state index contributed by atoms with van der Waals surface area (Å²) in [4.78, 5) is 44.8. The zero-order valence-corrected chi connectivity index (χ0v) is 18.3. The molecular formula is C24H24N4O4. The fourth-order valence-electron chi connectivity index (χ4n) is 2.77. The maximum absolute atomic E-state index is 12.6. The van der Waals surface area contributed by atoms with Crippen LogP contribution in [0.4, 0.5) is 11.8 Å². The zero-order valence-electron chi connectivity index (χ0n) is 18.3. The number of benzene rings is 2. The molecule has 8 nitrogen and oxygen atoms in total. The number of rotatable bonds is 6. The molecule has 2 aromatic carbocycles. The highest BCUT2D eigenvalue weighted by Gasteiger charge is 2.20. The van der Waals surface area contributed by atoms with Gasteiger partial charge in [0.1, 0.15) is 17.9 Å². The predicted molar refractivity (Wildman–Crippen MR) is 121 cm³/mol. The Morgan fingerprint density at radius 3 is 1.97 bits per heavy atom. The lowest BCUT2D eigenvalue weighted by Crippen LogP contribution is -2.21. The van der Waals surface area contributed by atoms with E-state index < -0.39 is 5.91 Å². The minimum absolute atomic E-state index is 0.0739. The molecule has 0 atom stereocenters. The number of ether oxygens (including phenoxy) is 1. The summed E-state index contributed by atoms with van der Waals surface area (Å²) in [6.45, 7) is 5.90. The molecule has 2 amide bonds. The van der Waals surface area contributed by atoms with Crippen molar-refractivity contribution < 1.29 is 19.1 Å². The fourth-order valence-corrected chi connectivity index (χ4v) is 2.77. The summed E-state index contributed by atoms with van der Waals surface area (Å²) in [6.07, 6.45) is 0.708. The second-order valence-corrected chi connectivity index (χ2v) is 8.09. The van der Waals surface area contributed by atoms with Crippen LogP contribution in [0, 0.1) is 0 Å². The normalized spacial score (nSPS) is 10.9. The van der Waals surface area contributed by atoms with Gasteiger partial charge in [-0.3, -0.25) is 19.7 Å². The third kappa shape index (κ3) is 5.54. The van der Waals surface area contributed by atoms with Crippen LogP contribution in [0.25, 0.3) is 0 Å². The van der Waals surface area contributed by atoms with Crippen LogP contribution in [-0.4, -0.2) is 35.2 Å². The van der Waals surface area contributed by atoms with Crippen molar-refractivity contribution in [3.63, 3.8) is 0 Å². The Morgan fingerprint density at radius 1 is 0.875 bits per heavy atom. The van der Waals surface area contributed by atoms with Gasteiger partial charge < -0.3 is 10.1 Å². The van der Waals surface area contributed by atoms with Crippen LogP contribution in [0.5, 0.6) is 5.75 Å². The molecule has 1 aromatic heterocycles. The molecule has 0 fully saturated rings. The molecule has 0 aliphatic rings. The lowest BCUT2D eigenvalue weighted by molar-refractivity contribution is 0.101. The molecule has 32 heavy (non-hydrogen) atoms. The van der Waals surface area contributed by atoms with Gasteiger partial charge in [0.2, 0.25) is 5.95 Å². The second-order valence-electron chi connectivity index (χ2n) is 8.09. The van der Waals surface area contributed by atoms with E-state index >= 15 is 0 Å². The number of amides is 2. The highest BCUT2D eigenvalue weighted by molar-refractivity contribution is 6.05. The Balaban J connectivity index is 1.86. The Kier molecular flexibility index (Phi) is 6.63. The first kappa shape index (κ1) is 22.6. The topological polar surface area (TPSA) is 110 Å². The quantitative estimate of drug-likeness (QED) is 0.568. The Morgan fingerprint density at radius 2 is 1.44 bits per heavy atom. The summed E-state index contributed by atoms with van der Waals surface area (Å²) < 4.78 is 5.11. The Hall–Kier alpha value is -4.07. The van der Waals surface area contributed by atoms with Gasteiger partial charge in [-0.05, 0) is 36.4 Å². The van der Waals surface area contributed by atoms with Crippen LogP contribution in [0.3, 0.4) is 0 Å². The van der Waals surface area contributed by atoms with E-state index in [2.05, 4.69) is 20.6 Å². The lowest BCUT2D eigenvalue weighted by Gasteiger charge is -2.19. The number of anilines is 2. The first-order valence-corrected chi connectivity index (χ1v) is 9.91. The Bertz CT molecular complexity index is 1130. The maximum atomic E-state index is 12.6. The molecular weight excluding hydrogens is 408 g/mol. The molecule has 0 aliphatic heterocycles. The van der Waals surface area contributed by atoms with Gasteiger partial charge in [0.15, 0.2) is 0 Å². The van der Waals surface area contributed by atoms with Gasteiger partial charge in [-0.1, -0.05) is 32.9 Å². The van der Waals surface area contributed by atoms with Gasteiger partial charge >= 0.3 is 0 Å². The summed E-state index contributed by atoms with van der Waals surface area (Å²) in [7, 11) is 1.55. The molecule has 0 spiro atoms. The minimum atomic E-state index is -0.395. The van der Waals surface area contributed by atoms with E-state index in [1.54, 1.807) is 61.7 Å². The van der Waals surface area contributed by atoms with Crippen molar-refractivity contribution in [2.45, 2.75) is 26.2 Å². The highest BCUT2D eigenvalue weighted by atomic mass is 16.5. The molecule has 0 radical (unpaired) electrons. The van der Waals surface area contributed by atoms with Crippen LogP contribution < -0.4 is 15.4 Å². The van der Waals surface area contributed by atoms with Crippen LogP contribution in [0.2, 0.25) is 0 Å². The molecule has 3 rings (SSSR count). The molecule has 2 N–H and O–H groups in total. The summed E-state index contributed by atoms with van der Waals surface area (Å²) in [5.41, 5.74) is 1.55. The van der Waals surface area contributed by atoms with Crippen LogP contribution in [-0.2, 0) is 5.41 Å². The van der Waals surface area contributed by atoms with Crippen LogP contribution >= 0.6 is 0 Å². The number of hydrogen-bond acceptors (Lipinski definition) is 6. The summed E-state index contributed by atoms with van der Waals surface area (Å²) in [5.74, 6) is 0.178. The monoisotopic (exact) mass is 432 g/mol. The van der Waals surface area contributed by atoms with Crippen molar-refractivity contribution in [3.05, 3.63) is 77.0 Å². The van der Waals surface area contributed by atoms with Gasteiger partial charge in [-0.2, -0.15) is 4.98 Å². The van der Waals surface area contributed by atoms with Gasteiger partial charge in [-0.25, -0.2) is 4.98 Å². The molecule has 0 aliphatic carbocycles. The van der Waals surface area contributed by atoms with E-state index in [4.69, 9.17) is 4.74 Å². The number of methoxy groups -OCH3 is 1. The zero-order chi connectivity index (χ0) is 23.3. The molecule has 0 unspecified atom stereocenters. The van der Waals surface area contributed by atoms with Crippen molar-refractivity contribution in [1.29, 1.82) is 0 Å². The Labute approximate surface area is 186 Å². The van der Waals surface area contributed by atoms with Crippen molar-refractivity contribution in [3.8, 4) is 5.75 Å². The first-order valence-electron chi connectivity index (χ1n) is 9.91. The molecule has 0 saturated carbocycles. The highest BCUT2D eigenvalue weighted by Crippen LogP contribution is 2.24. The smallest absolute Gasteiger partial charge is 0.258 e. The minimum Gasteiger partial charge on any atom is -0.497 e. The molecule has 1 heterocycles. The number of nitrogens with zero attached hydrogens (tertiary/aromatic N) is 2. The summed E-state index contributed by atoms with van der Waals surface area (Å²) in [5, 5.41) is 5.42. The van der Waals surface area contributed by atoms with Crippen molar-refractivity contribution in [2.24, 2.45) is 0 Å². The van der Waals surface area contributed by atoms with E-state index in [9.17, 15) is 14.4 Å². The number of aromatic nitrogens is 2. The number of carbonyl (C=O) groups is 3. The molecule has 8 heteroatoms. The fraction of sp³-hybridized carbons (Fsp3) is 0.208. The average molecular weight is 432 g/mol. The number of carbonyl (C=O) groups excluding carboxylic acids is 3. The number of hydrogen-bond donors (Lipinski definition) is 2. The van der Waals surface area contributed by atoms with E-state index in [0.29, 0.717) is 34.4 Å². The van der Waals surface area contributed by atoms with E-state index in [1.807, 2.05) is 20.8 Å². The van der Waals surface area contributed by atoms with Crippen molar-refractivity contribution >= 4 is 29.9 Å². The molecule has 164 valence electrons. The first-order chi connectivity index (χ1) is 15.2. The third-order valence-electron chi connectivity index (χ3n) is 4.62. The van der Waals surface area contributed by atoms with E-state index in [0.717, 1.165) is 0 Å². The second kappa shape index (κ2) is 9.38. The average Bonchev–Trinajstić information content (AvgIpc) is 2.78. The summed E-state index contributed by atoms with van der Waals surface area (Å²) >= 11 is 0. The lowest BCUT2D eigenvalue weighted by atomic mass is 9.92. The van der Waals surface area contributed by atoms with E-state index in [-0.39, 0.29) is 23.1 Å². The standard InChI is InChI=1S/C24H24N4O4/c1-24(2,3)19-13-20(26-21(30)16-7-5-15(14-29)6-8-16)27-23(25-19)28-22(31)17-9-11-18(32-4)12-10-17/h5-14H,1-4H3,(H2,25,26,27,28,30,31). The predicted octanol–water partition coefficient (Wildman–Crippen LogP) is 4.10. The van der Waals surface area contributed by atoms with Crippen molar-refractivity contribution in [2.75, 3.05) is 17.7 Å². The molecule has 3 aromatic rings. The largest absolute Gasteiger partial charge is 0.497 e. The van der Waals surface area contributed by atoms with Gasteiger partial charge in [0.05, 0.1) is 12.8 Å². The van der Waals surface area contributed by atoms with Gasteiger partial charge in [0.25, 0.3) is 11.8 Å². The van der Waals surface area contributed by atoms with Gasteiger partial charge in [-0.15, -0.1) is 0 Å². The van der Waals surface area contributed by atoms with Gasteiger partial charge in [0, 0.05) is 28.2 Å². The number of aldehydes is 1. The molecule has 0 saturated heterocycles. The number of nitrogens with one attached hydrogen (secondary N) is 2. The van der Waals surface area contributed by atoms with Crippen molar-refractivity contribution in [1.82, 2.24) is 9.97 Å². The summed E-state index contributed by atoms with van der Waals surface area (Å²) in [6, 6.07) is 14.5. The van der Waals surface area contributed by atoms with Crippen LogP contribution in [0.1, 0.15) is 57.5 Å². The molecule has 0 bridgehead atoms. The van der Waals surface area contributed by atoms with E-state index in [1.165, 1.54) is 0 Å². The maximum Gasteiger partial charge on any atom is 0.258 e. The third-order valence-corrected chi connectivity index (χ3v) is 4.62. The SMILES string of the molecule is COc1ccc(C(=O)Nc2nc(NC(=O)c3ccc(C=O)cc3)cc(C(C)(C)C)n2)cc1.